The van der Waals surface area contributed by atoms with Crippen molar-refractivity contribution in [2.24, 2.45) is 0 Å². The van der Waals surface area contributed by atoms with Gasteiger partial charge in [-0.1, -0.05) is 121 Å². The number of aromatic nitrogens is 5. The van der Waals surface area contributed by atoms with Crippen LogP contribution in [0.3, 0.4) is 0 Å². The predicted octanol–water partition coefficient (Wildman–Crippen LogP) is 14.0. The maximum absolute atomic E-state index is 15.0. The van der Waals surface area contributed by atoms with Crippen molar-refractivity contribution in [2.75, 3.05) is 43.6 Å². The minimum absolute atomic E-state index is 0.0305. The Morgan fingerprint density at radius 3 is 1.26 bits per heavy atom. The number of carbonyl (C=O) groups excluding carboxylic acids is 6. The van der Waals surface area contributed by atoms with E-state index in [-0.39, 0.29) is 84.2 Å². The van der Waals surface area contributed by atoms with Crippen molar-refractivity contribution in [1.29, 1.82) is 0 Å². The third-order valence-corrected chi connectivity index (χ3v) is 18.2. The third-order valence-electron chi connectivity index (χ3n) is 18.2. The SMILES string of the molecule is CCc1cc(C(=O)N2c3ccccc3[C@@H](N(C(C)=O)c3ccccc3)C[C@H]2C)no1.COc1cc(C(=O)N2c3ccccc3[C@@H](N(C(=O)CCC(=O)N(c3ccccc3)[C@H]3C[C@@H](C)N(C(=O)c4ccc(-n5cnnc5)cc4)c4ccccc43)c3ccccc3)C[C@H]2C)cc(OC)n1. The molecule has 0 bridgehead atoms. The first-order valence-electron chi connectivity index (χ1n) is 32.5. The molecule has 0 radical (unpaired) electrons. The first-order valence-corrected chi connectivity index (χ1v) is 32.5. The smallest absolute Gasteiger partial charge is 0.280 e. The van der Waals surface area contributed by atoms with Crippen molar-refractivity contribution >= 4 is 69.6 Å². The lowest BCUT2D eigenvalue weighted by Gasteiger charge is -2.44. The monoisotopic (exact) mass is 1300 g/mol. The van der Waals surface area contributed by atoms with E-state index in [2.05, 4.69) is 20.3 Å². The number of pyridine rings is 1. The van der Waals surface area contributed by atoms with Gasteiger partial charge in [-0.3, -0.25) is 33.3 Å². The molecule has 492 valence electrons. The van der Waals surface area contributed by atoms with Crippen LogP contribution >= 0.6 is 0 Å². The van der Waals surface area contributed by atoms with Gasteiger partial charge in [0, 0.05) is 108 Å². The highest BCUT2D eigenvalue weighted by Gasteiger charge is 2.43. The van der Waals surface area contributed by atoms with E-state index in [1.165, 1.54) is 14.2 Å². The Labute approximate surface area is 563 Å². The van der Waals surface area contributed by atoms with Crippen LogP contribution in [0.2, 0.25) is 0 Å². The fourth-order valence-corrected chi connectivity index (χ4v) is 13.7. The van der Waals surface area contributed by atoms with E-state index in [1.807, 2.05) is 213 Å². The van der Waals surface area contributed by atoms with E-state index in [0.29, 0.717) is 65.3 Å². The highest BCUT2D eigenvalue weighted by atomic mass is 16.5. The molecule has 0 aliphatic carbocycles. The molecule has 6 atom stereocenters. The molecule has 0 fully saturated rings. The second-order valence-electron chi connectivity index (χ2n) is 24.3. The fraction of sp³-hybridized carbons (Fsp3) is 0.247. The molecule has 3 aromatic heterocycles. The van der Waals surface area contributed by atoms with Gasteiger partial charge in [0.2, 0.25) is 29.5 Å². The van der Waals surface area contributed by atoms with Gasteiger partial charge < -0.3 is 43.4 Å². The molecule has 7 aromatic carbocycles. The second kappa shape index (κ2) is 29.0. The standard InChI is InChI=1S/C53H50N8O6.C24H25N3O3/c1-35-29-46(42-19-11-13-21-44(42)58(35)52(64)37-23-25-39(26-24-37)57-33-54-55-34-57)60(40-15-7-5-8-16-40)50(62)27-28-51(63)61(41-17-9-6-10-18-41)47-30-36(2)59(45-22-14-12-20-43(45)47)53(65)38-31-48(66-3)56-49(32-38)67-4;1-4-19-15-21(25-30-19)24(29)26-16(2)14-23(20-12-8-9-13-22(20)26)27(17(3)28)18-10-6-5-7-11-18/h5-26,31-36,46-47H,27-30H2,1-4H3;5-13,15-16,23H,4,14H2,1-3H3/t35-,36-,46+,47+;16-,23+/m11/s1. The largest absolute Gasteiger partial charge is 0.481 e. The van der Waals surface area contributed by atoms with Gasteiger partial charge in [-0.25, -0.2) is 0 Å². The summed E-state index contributed by atoms with van der Waals surface area (Å²) in [5.74, 6) is 0.106. The van der Waals surface area contributed by atoms with E-state index >= 15 is 0 Å². The molecule has 0 saturated carbocycles. The van der Waals surface area contributed by atoms with Gasteiger partial charge >= 0.3 is 0 Å². The van der Waals surface area contributed by atoms with E-state index in [1.54, 1.807) is 74.1 Å². The summed E-state index contributed by atoms with van der Waals surface area (Å²) in [6.07, 6.45) is 5.22. The Bertz CT molecular complexity index is 4430. The molecule has 97 heavy (non-hydrogen) atoms. The predicted molar refractivity (Wildman–Crippen MR) is 371 cm³/mol. The number of para-hydroxylation sites is 6. The van der Waals surface area contributed by atoms with Gasteiger partial charge in [0.15, 0.2) is 5.69 Å². The van der Waals surface area contributed by atoms with Crippen molar-refractivity contribution < 1.29 is 42.8 Å². The number of aryl methyl sites for hydroxylation is 1. The zero-order chi connectivity index (χ0) is 67.9. The van der Waals surface area contributed by atoms with Crippen molar-refractivity contribution in [2.45, 2.75) is 109 Å². The summed E-state index contributed by atoms with van der Waals surface area (Å²) in [5, 5.41) is 11.7. The summed E-state index contributed by atoms with van der Waals surface area (Å²) in [6, 6.07) is 62.2. The summed E-state index contributed by atoms with van der Waals surface area (Å²) in [4.78, 5) is 99.6. The Morgan fingerprint density at radius 1 is 0.474 bits per heavy atom. The van der Waals surface area contributed by atoms with Gasteiger partial charge in [-0.05, 0) is 136 Å². The average Bonchev–Trinajstić information content (AvgIpc) is 1.04. The fourth-order valence-electron chi connectivity index (χ4n) is 13.7. The molecule has 20 heteroatoms. The Hall–Kier alpha value is -11.5. The van der Waals surface area contributed by atoms with E-state index in [4.69, 9.17) is 14.0 Å². The third kappa shape index (κ3) is 13.5. The van der Waals surface area contributed by atoms with Crippen LogP contribution in [0.1, 0.15) is 139 Å². The van der Waals surface area contributed by atoms with Crippen LogP contribution in [-0.4, -0.2) is 92.7 Å². The number of ether oxygens (including phenoxy) is 2. The maximum Gasteiger partial charge on any atom is 0.280 e. The van der Waals surface area contributed by atoms with Crippen LogP contribution < -0.4 is 38.9 Å². The lowest BCUT2D eigenvalue weighted by Crippen LogP contribution is -2.48. The molecule has 0 N–H and O–H groups in total. The quantitative estimate of drug-likeness (QED) is 0.0882. The molecule has 6 heterocycles. The first kappa shape index (κ1) is 65.5. The maximum atomic E-state index is 15.0. The van der Waals surface area contributed by atoms with E-state index in [9.17, 15) is 28.8 Å². The molecule has 0 unspecified atom stereocenters. The number of hydrogen-bond acceptors (Lipinski definition) is 13. The molecular formula is C77H75N11O9. The Kier molecular flexibility index (Phi) is 19.6. The van der Waals surface area contributed by atoms with Crippen LogP contribution in [0.4, 0.5) is 34.1 Å². The summed E-state index contributed by atoms with van der Waals surface area (Å²) in [5.41, 5.74) is 9.02. The number of fused-ring (bicyclic) bond motifs is 3. The molecule has 20 nitrogen and oxygen atoms in total. The van der Waals surface area contributed by atoms with Gasteiger partial charge in [0.1, 0.15) is 18.4 Å². The lowest BCUT2D eigenvalue weighted by molar-refractivity contribution is -0.124. The van der Waals surface area contributed by atoms with Crippen LogP contribution in [0.5, 0.6) is 11.8 Å². The number of methoxy groups -OCH3 is 2. The molecule has 3 aliphatic rings. The number of hydrogen-bond donors (Lipinski definition) is 0. The minimum Gasteiger partial charge on any atom is -0.481 e. The Balaban J connectivity index is 0.000000249. The van der Waals surface area contributed by atoms with Gasteiger partial charge in [0.05, 0.1) is 37.9 Å². The van der Waals surface area contributed by atoms with E-state index < -0.39 is 12.1 Å². The van der Waals surface area contributed by atoms with E-state index in [0.717, 1.165) is 39.4 Å². The molecule has 6 amide bonds. The molecular weight excluding hydrogens is 1220 g/mol. The van der Waals surface area contributed by atoms with Crippen LogP contribution in [0.15, 0.2) is 223 Å². The zero-order valence-electron chi connectivity index (χ0n) is 55.1. The number of nitrogens with zero attached hydrogens (tertiary/aromatic N) is 11. The lowest BCUT2D eigenvalue weighted by atomic mass is 9.88. The van der Waals surface area contributed by atoms with Crippen LogP contribution in [-0.2, 0) is 20.8 Å². The van der Waals surface area contributed by atoms with Gasteiger partial charge in [0.25, 0.3) is 17.7 Å². The molecule has 0 saturated heterocycles. The Morgan fingerprint density at radius 2 is 0.856 bits per heavy atom. The number of rotatable bonds is 16. The molecule has 13 rings (SSSR count). The summed E-state index contributed by atoms with van der Waals surface area (Å²) in [7, 11) is 2.97. The summed E-state index contributed by atoms with van der Waals surface area (Å²) >= 11 is 0. The van der Waals surface area contributed by atoms with Crippen molar-refractivity contribution in [3.63, 3.8) is 0 Å². The van der Waals surface area contributed by atoms with Crippen LogP contribution in [0.25, 0.3) is 5.69 Å². The first-order chi connectivity index (χ1) is 47.1. The van der Waals surface area contributed by atoms with Gasteiger partial charge in [-0.2, -0.15) is 4.98 Å². The molecule has 10 aromatic rings. The zero-order valence-corrected chi connectivity index (χ0v) is 55.1. The molecule has 3 aliphatic heterocycles. The number of anilines is 6. The topological polar surface area (TPSA) is 210 Å². The van der Waals surface area contributed by atoms with Crippen LogP contribution in [0, 0.1) is 0 Å². The normalized spacial score (nSPS) is 17.6. The highest BCUT2D eigenvalue weighted by molar-refractivity contribution is 6.10. The van der Waals surface area contributed by atoms with Crippen molar-refractivity contribution in [3.05, 3.63) is 258 Å². The van der Waals surface area contributed by atoms with Crippen molar-refractivity contribution in [3.8, 4) is 17.4 Å². The van der Waals surface area contributed by atoms with Gasteiger partial charge in [-0.15, -0.1) is 10.2 Å². The number of amides is 6. The number of carbonyl (C=O) groups is 6. The summed E-state index contributed by atoms with van der Waals surface area (Å²) in [6.45, 7) is 9.52. The average molecular weight is 1300 g/mol. The number of benzene rings is 7. The van der Waals surface area contributed by atoms with Crippen molar-refractivity contribution in [1.82, 2.24) is 24.9 Å². The highest BCUT2D eigenvalue weighted by Crippen LogP contribution is 2.47. The summed E-state index contributed by atoms with van der Waals surface area (Å²) < 4.78 is 17.8. The molecule has 0 spiro atoms. The second-order valence-corrected chi connectivity index (χ2v) is 24.3. The minimum atomic E-state index is -0.458.